The fraction of sp³-hybridized carbons (Fsp3) is 0.538. The Balaban J connectivity index is 2.20. The van der Waals surface area contributed by atoms with Gasteiger partial charge in [0.15, 0.2) is 0 Å². The topological polar surface area (TPSA) is 9.23 Å². The first-order chi connectivity index (χ1) is 7.36. The summed E-state index contributed by atoms with van der Waals surface area (Å²) >= 11 is 1.96. The van der Waals surface area contributed by atoms with Gasteiger partial charge < -0.3 is 4.74 Å². The molecular weight excluding hydrogens is 204 g/mol. The average molecular weight is 224 g/mol. The number of ether oxygens (including phenoxy) is 1. The van der Waals surface area contributed by atoms with Crippen molar-refractivity contribution in [2.45, 2.75) is 26.7 Å². The van der Waals surface area contributed by atoms with E-state index in [4.69, 9.17) is 4.74 Å². The van der Waals surface area contributed by atoms with Crippen LogP contribution in [-0.4, -0.2) is 18.1 Å². The van der Waals surface area contributed by atoms with Gasteiger partial charge in [-0.3, -0.25) is 0 Å². The van der Waals surface area contributed by atoms with Crippen LogP contribution in [0, 0.1) is 0 Å². The lowest BCUT2D eigenvalue weighted by Gasteiger charge is -2.06. The minimum atomic E-state index is 0.816. The third-order valence-electron chi connectivity index (χ3n) is 2.18. The molecule has 0 atom stereocenters. The van der Waals surface area contributed by atoms with Crippen molar-refractivity contribution < 1.29 is 4.74 Å². The molecule has 2 heteroatoms. The van der Waals surface area contributed by atoms with Crippen molar-refractivity contribution in [1.29, 1.82) is 0 Å². The maximum Gasteiger partial charge on any atom is 0.119 e. The largest absolute Gasteiger partial charge is 0.493 e. The minimum absolute atomic E-state index is 0.816. The van der Waals surface area contributed by atoms with Gasteiger partial charge in [-0.05, 0) is 36.3 Å². The Kier molecular flexibility index (Phi) is 6.33. The van der Waals surface area contributed by atoms with Crippen molar-refractivity contribution in [3.63, 3.8) is 0 Å². The van der Waals surface area contributed by atoms with Crippen molar-refractivity contribution >= 4 is 11.8 Å². The van der Waals surface area contributed by atoms with Crippen LogP contribution >= 0.6 is 11.8 Å². The van der Waals surface area contributed by atoms with Crippen LogP contribution in [0.1, 0.15) is 25.8 Å². The van der Waals surface area contributed by atoms with Crippen molar-refractivity contribution in [2.75, 3.05) is 18.1 Å². The van der Waals surface area contributed by atoms with Gasteiger partial charge in [0.1, 0.15) is 5.75 Å². The molecule has 0 fully saturated rings. The van der Waals surface area contributed by atoms with Gasteiger partial charge in [0.2, 0.25) is 0 Å². The summed E-state index contributed by atoms with van der Waals surface area (Å²) < 4.78 is 5.63. The Hall–Kier alpha value is -0.630. The number of benzene rings is 1. The van der Waals surface area contributed by atoms with E-state index in [2.05, 4.69) is 38.1 Å². The molecule has 15 heavy (non-hydrogen) atoms. The molecule has 0 aliphatic heterocycles. The SMILES string of the molecule is CCCSCCOc1ccc(CC)cc1. The highest BCUT2D eigenvalue weighted by Crippen LogP contribution is 2.13. The fourth-order valence-electron chi connectivity index (χ4n) is 1.29. The molecule has 1 aromatic carbocycles. The normalized spacial score (nSPS) is 10.3. The van der Waals surface area contributed by atoms with Crippen molar-refractivity contribution in [3.8, 4) is 5.75 Å². The van der Waals surface area contributed by atoms with Crippen LogP contribution in [0.25, 0.3) is 0 Å². The lowest BCUT2D eigenvalue weighted by Crippen LogP contribution is -2.00. The fourth-order valence-corrected chi connectivity index (χ4v) is 1.98. The molecule has 1 rings (SSSR count). The summed E-state index contributed by atoms with van der Waals surface area (Å²) in [6, 6.07) is 8.38. The zero-order chi connectivity index (χ0) is 10.9. The Labute approximate surface area is 97.2 Å². The van der Waals surface area contributed by atoms with E-state index in [0.29, 0.717) is 0 Å². The molecule has 0 N–H and O–H groups in total. The molecule has 0 aliphatic rings. The quantitative estimate of drug-likeness (QED) is 0.652. The van der Waals surface area contributed by atoms with Crippen LogP contribution in [-0.2, 0) is 6.42 Å². The molecule has 0 aromatic heterocycles. The van der Waals surface area contributed by atoms with Gasteiger partial charge >= 0.3 is 0 Å². The van der Waals surface area contributed by atoms with E-state index in [1.54, 1.807) is 0 Å². The van der Waals surface area contributed by atoms with E-state index in [9.17, 15) is 0 Å². The summed E-state index contributed by atoms with van der Waals surface area (Å²) in [6.07, 6.45) is 2.34. The van der Waals surface area contributed by atoms with Gasteiger partial charge in [-0.15, -0.1) is 0 Å². The van der Waals surface area contributed by atoms with Gasteiger partial charge in [0, 0.05) is 5.75 Å². The van der Waals surface area contributed by atoms with E-state index in [1.807, 2.05) is 11.8 Å². The van der Waals surface area contributed by atoms with Gasteiger partial charge in [-0.1, -0.05) is 26.0 Å². The van der Waals surface area contributed by atoms with Gasteiger partial charge in [-0.25, -0.2) is 0 Å². The Morgan fingerprint density at radius 2 is 1.80 bits per heavy atom. The summed E-state index contributed by atoms with van der Waals surface area (Å²) in [6.45, 7) is 5.19. The van der Waals surface area contributed by atoms with Gasteiger partial charge in [-0.2, -0.15) is 11.8 Å². The Bertz CT molecular complexity index is 256. The second-order valence-corrected chi connectivity index (χ2v) is 4.68. The van der Waals surface area contributed by atoms with Crippen molar-refractivity contribution in [1.82, 2.24) is 0 Å². The number of rotatable bonds is 7. The average Bonchev–Trinajstić information content (AvgIpc) is 2.30. The highest BCUT2D eigenvalue weighted by atomic mass is 32.2. The molecule has 1 nitrogen and oxygen atoms in total. The summed E-state index contributed by atoms with van der Waals surface area (Å²) in [7, 11) is 0. The molecule has 84 valence electrons. The summed E-state index contributed by atoms with van der Waals surface area (Å²) in [5.74, 6) is 3.31. The molecule has 0 radical (unpaired) electrons. The summed E-state index contributed by atoms with van der Waals surface area (Å²) in [5, 5.41) is 0. The van der Waals surface area contributed by atoms with E-state index in [1.165, 1.54) is 17.7 Å². The van der Waals surface area contributed by atoms with Gasteiger partial charge in [0.05, 0.1) is 6.61 Å². The molecule has 0 amide bonds. The Morgan fingerprint density at radius 3 is 2.40 bits per heavy atom. The molecule has 0 bridgehead atoms. The van der Waals surface area contributed by atoms with Crippen molar-refractivity contribution in [3.05, 3.63) is 29.8 Å². The standard InChI is InChI=1S/C13H20OS/c1-3-10-15-11-9-14-13-7-5-12(4-2)6-8-13/h5-8H,3-4,9-11H2,1-2H3. The monoisotopic (exact) mass is 224 g/mol. The van der Waals surface area contributed by atoms with Crippen LogP contribution in [0.15, 0.2) is 24.3 Å². The van der Waals surface area contributed by atoms with E-state index < -0.39 is 0 Å². The minimum Gasteiger partial charge on any atom is -0.493 e. The molecular formula is C13H20OS. The van der Waals surface area contributed by atoms with Crippen LogP contribution < -0.4 is 4.74 Å². The number of hydrogen-bond acceptors (Lipinski definition) is 2. The van der Waals surface area contributed by atoms with Crippen molar-refractivity contribution in [2.24, 2.45) is 0 Å². The molecule has 0 unspecified atom stereocenters. The lowest BCUT2D eigenvalue weighted by atomic mass is 10.2. The predicted octanol–water partition coefficient (Wildman–Crippen LogP) is 3.77. The van der Waals surface area contributed by atoms with Crippen LogP contribution in [0.3, 0.4) is 0 Å². The summed E-state index contributed by atoms with van der Waals surface area (Å²) in [4.78, 5) is 0. The molecule has 1 aromatic rings. The smallest absolute Gasteiger partial charge is 0.119 e. The second-order valence-electron chi connectivity index (χ2n) is 3.46. The highest BCUT2D eigenvalue weighted by Gasteiger charge is 1.94. The van der Waals surface area contributed by atoms with E-state index in [0.717, 1.165) is 24.5 Å². The second kappa shape index (κ2) is 7.63. The first-order valence-electron chi connectivity index (χ1n) is 5.66. The third-order valence-corrected chi connectivity index (χ3v) is 3.33. The number of aryl methyl sites for hydroxylation is 1. The summed E-state index contributed by atoms with van der Waals surface area (Å²) in [5.41, 5.74) is 1.36. The first-order valence-corrected chi connectivity index (χ1v) is 6.81. The molecule has 0 saturated carbocycles. The zero-order valence-electron chi connectivity index (χ0n) is 9.66. The molecule has 0 heterocycles. The maximum atomic E-state index is 5.63. The molecule has 0 aliphatic carbocycles. The first kappa shape index (κ1) is 12.4. The number of thioether (sulfide) groups is 1. The van der Waals surface area contributed by atoms with E-state index >= 15 is 0 Å². The number of hydrogen-bond donors (Lipinski definition) is 0. The maximum absolute atomic E-state index is 5.63. The van der Waals surface area contributed by atoms with Crippen LogP contribution in [0.2, 0.25) is 0 Å². The lowest BCUT2D eigenvalue weighted by molar-refractivity contribution is 0.344. The third kappa shape index (κ3) is 5.12. The van der Waals surface area contributed by atoms with Crippen LogP contribution in [0.5, 0.6) is 5.75 Å². The Morgan fingerprint density at radius 1 is 1.07 bits per heavy atom. The molecule has 0 spiro atoms. The predicted molar refractivity (Wildman–Crippen MR) is 68.9 cm³/mol. The van der Waals surface area contributed by atoms with E-state index in [-0.39, 0.29) is 0 Å². The zero-order valence-corrected chi connectivity index (χ0v) is 10.5. The van der Waals surface area contributed by atoms with Crippen LogP contribution in [0.4, 0.5) is 0 Å². The molecule has 0 saturated heterocycles. The van der Waals surface area contributed by atoms with Gasteiger partial charge in [0.25, 0.3) is 0 Å². The highest BCUT2D eigenvalue weighted by molar-refractivity contribution is 7.99.